The van der Waals surface area contributed by atoms with Gasteiger partial charge in [0.15, 0.2) is 0 Å². The zero-order valence-corrected chi connectivity index (χ0v) is 13.2. The fraction of sp³-hybridized carbons (Fsp3) is 0.667. The van der Waals surface area contributed by atoms with Crippen LogP contribution in [0, 0.1) is 5.92 Å². The molecule has 0 unspecified atom stereocenters. The van der Waals surface area contributed by atoms with Crippen LogP contribution in [0.1, 0.15) is 46.0 Å². The molecule has 0 spiro atoms. The molecule has 0 saturated heterocycles. The number of aromatic nitrogens is 2. The van der Waals surface area contributed by atoms with Crippen molar-refractivity contribution in [2.75, 3.05) is 11.1 Å². The van der Waals surface area contributed by atoms with E-state index in [0.29, 0.717) is 12.5 Å². The Balaban J connectivity index is 2.49. The highest BCUT2D eigenvalue weighted by Crippen LogP contribution is 2.25. The molecule has 1 saturated carbocycles. The summed E-state index contributed by atoms with van der Waals surface area (Å²) in [5.74, 6) is 0.0662. The molecule has 1 aromatic heterocycles. The third kappa shape index (κ3) is 3.23. The quantitative estimate of drug-likeness (QED) is 0.871. The second kappa shape index (κ2) is 6.81. The highest BCUT2D eigenvalue weighted by atomic mass is 16.2. The normalized spacial score (nSPS) is 15.7. The van der Waals surface area contributed by atoms with Crippen LogP contribution in [0.2, 0.25) is 0 Å². The highest BCUT2D eigenvalue weighted by Gasteiger charge is 2.21. The maximum Gasteiger partial charge on any atom is 0.332 e. The van der Waals surface area contributed by atoms with Crippen LogP contribution in [0.25, 0.3) is 0 Å². The van der Waals surface area contributed by atoms with E-state index in [0.717, 1.165) is 30.3 Å². The van der Waals surface area contributed by atoms with Gasteiger partial charge in [-0.1, -0.05) is 19.3 Å². The maximum atomic E-state index is 12.5. The van der Waals surface area contributed by atoms with E-state index in [2.05, 4.69) is 5.32 Å². The molecule has 1 aliphatic carbocycles. The number of amides is 1. The number of hydrogen-bond donors (Lipinski definition) is 2. The Labute approximate surface area is 129 Å². The number of rotatable bonds is 4. The lowest BCUT2D eigenvalue weighted by Gasteiger charge is -2.24. The summed E-state index contributed by atoms with van der Waals surface area (Å²) in [6.07, 6.45) is 5.67. The number of nitrogens with zero attached hydrogens (tertiary/aromatic N) is 2. The first-order valence-corrected chi connectivity index (χ1v) is 7.86. The molecule has 122 valence electrons. The van der Waals surface area contributed by atoms with Crippen LogP contribution in [0.15, 0.2) is 9.59 Å². The van der Waals surface area contributed by atoms with Gasteiger partial charge < -0.3 is 11.1 Å². The van der Waals surface area contributed by atoms with E-state index in [-0.39, 0.29) is 24.0 Å². The molecule has 0 aromatic carbocycles. The van der Waals surface area contributed by atoms with Gasteiger partial charge in [0.2, 0.25) is 5.91 Å². The number of hydrogen-bond acceptors (Lipinski definition) is 4. The van der Waals surface area contributed by atoms with Crippen molar-refractivity contribution in [3.63, 3.8) is 0 Å². The second-order valence-corrected chi connectivity index (χ2v) is 5.89. The van der Waals surface area contributed by atoms with Crippen molar-refractivity contribution in [3.05, 3.63) is 20.8 Å². The average molecular weight is 308 g/mol. The minimum absolute atomic E-state index is 0.00441. The SMILES string of the molecule is CCn1c(=O)c(NC(C)=O)c(N)n(CC2CCCCC2)c1=O. The first kappa shape index (κ1) is 16.3. The first-order valence-electron chi connectivity index (χ1n) is 7.86. The van der Waals surface area contributed by atoms with Crippen LogP contribution < -0.4 is 22.3 Å². The summed E-state index contributed by atoms with van der Waals surface area (Å²) in [5, 5.41) is 2.46. The van der Waals surface area contributed by atoms with Crippen molar-refractivity contribution in [2.24, 2.45) is 5.92 Å². The van der Waals surface area contributed by atoms with Crippen LogP contribution in [0.5, 0.6) is 0 Å². The second-order valence-electron chi connectivity index (χ2n) is 5.89. The Morgan fingerprint density at radius 3 is 2.41 bits per heavy atom. The molecule has 0 radical (unpaired) electrons. The Hall–Kier alpha value is -2.05. The van der Waals surface area contributed by atoms with Crippen molar-refractivity contribution in [1.82, 2.24) is 9.13 Å². The van der Waals surface area contributed by atoms with Gasteiger partial charge in [-0.25, -0.2) is 4.79 Å². The minimum atomic E-state index is -0.542. The molecule has 0 aliphatic heterocycles. The third-order valence-electron chi connectivity index (χ3n) is 4.25. The maximum absolute atomic E-state index is 12.5. The summed E-state index contributed by atoms with van der Waals surface area (Å²) in [6, 6.07) is 0. The zero-order chi connectivity index (χ0) is 16.3. The van der Waals surface area contributed by atoms with Gasteiger partial charge in [0, 0.05) is 20.0 Å². The van der Waals surface area contributed by atoms with E-state index >= 15 is 0 Å². The van der Waals surface area contributed by atoms with Crippen LogP contribution in [0.4, 0.5) is 11.5 Å². The van der Waals surface area contributed by atoms with Crippen molar-refractivity contribution in [3.8, 4) is 0 Å². The zero-order valence-electron chi connectivity index (χ0n) is 13.2. The number of carbonyl (C=O) groups excluding carboxylic acids is 1. The van der Waals surface area contributed by atoms with Crippen molar-refractivity contribution in [1.29, 1.82) is 0 Å². The fourth-order valence-corrected chi connectivity index (χ4v) is 3.09. The monoisotopic (exact) mass is 308 g/mol. The molecule has 7 heteroatoms. The first-order chi connectivity index (χ1) is 10.5. The molecule has 0 atom stereocenters. The van der Waals surface area contributed by atoms with Gasteiger partial charge in [0.25, 0.3) is 5.56 Å². The predicted octanol–water partition coefficient (Wildman–Crippen LogP) is 1.15. The van der Waals surface area contributed by atoms with E-state index in [1.807, 2.05) is 0 Å². The Morgan fingerprint density at radius 2 is 1.86 bits per heavy atom. The molecule has 1 heterocycles. The van der Waals surface area contributed by atoms with Gasteiger partial charge in [-0.15, -0.1) is 0 Å². The number of nitrogen functional groups attached to an aromatic ring is 1. The van der Waals surface area contributed by atoms with Crippen molar-refractivity contribution >= 4 is 17.4 Å². The highest BCUT2D eigenvalue weighted by molar-refractivity contribution is 5.91. The van der Waals surface area contributed by atoms with E-state index in [9.17, 15) is 14.4 Å². The molecule has 22 heavy (non-hydrogen) atoms. The molecule has 1 fully saturated rings. The Kier molecular flexibility index (Phi) is 5.05. The number of carbonyl (C=O) groups is 1. The molecular formula is C15H24N4O3. The van der Waals surface area contributed by atoms with Gasteiger partial charge in [-0.3, -0.25) is 18.7 Å². The molecule has 7 nitrogen and oxygen atoms in total. The summed E-state index contributed by atoms with van der Waals surface area (Å²) < 4.78 is 2.55. The third-order valence-corrected chi connectivity index (χ3v) is 4.25. The van der Waals surface area contributed by atoms with Crippen LogP contribution in [-0.2, 0) is 17.9 Å². The number of nitrogens with one attached hydrogen (secondary N) is 1. The van der Waals surface area contributed by atoms with Crippen molar-refractivity contribution in [2.45, 2.75) is 59.0 Å². The van der Waals surface area contributed by atoms with E-state index in [4.69, 9.17) is 5.73 Å². The average Bonchev–Trinajstić information content (AvgIpc) is 2.49. The molecule has 3 N–H and O–H groups in total. The predicted molar refractivity (Wildman–Crippen MR) is 85.9 cm³/mol. The molecule has 1 aliphatic rings. The number of anilines is 2. The van der Waals surface area contributed by atoms with Gasteiger partial charge >= 0.3 is 5.69 Å². The Morgan fingerprint density at radius 1 is 1.23 bits per heavy atom. The van der Waals surface area contributed by atoms with Gasteiger partial charge in [-0.05, 0) is 25.7 Å². The summed E-state index contributed by atoms with van der Waals surface area (Å²) >= 11 is 0. The molecule has 0 bridgehead atoms. The lowest BCUT2D eigenvalue weighted by molar-refractivity contribution is -0.114. The standard InChI is InChI=1S/C15H24N4O3/c1-3-18-14(21)12(17-10(2)20)13(16)19(15(18)22)9-11-7-5-4-6-8-11/h11H,3-9,16H2,1-2H3,(H,17,20). The number of nitrogens with two attached hydrogens (primary N) is 1. The minimum Gasteiger partial charge on any atom is -0.383 e. The molecular weight excluding hydrogens is 284 g/mol. The largest absolute Gasteiger partial charge is 0.383 e. The van der Waals surface area contributed by atoms with E-state index < -0.39 is 11.2 Å². The van der Waals surface area contributed by atoms with Gasteiger partial charge in [0.05, 0.1) is 0 Å². The van der Waals surface area contributed by atoms with E-state index in [1.165, 1.54) is 17.9 Å². The summed E-state index contributed by atoms with van der Waals surface area (Å²) in [5.41, 5.74) is 5.07. The molecule has 2 rings (SSSR count). The lowest BCUT2D eigenvalue weighted by Crippen LogP contribution is -2.43. The smallest absolute Gasteiger partial charge is 0.332 e. The van der Waals surface area contributed by atoms with Crippen LogP contribution in [-0.4, -0.2) is 15.0 Å². The summed E-state index contributed by atoms with van der Waals surface area (Å²) in [4.78, 5) is 36.1. The molecule has 1 amide bonds. The lowest BCUT2D eigenvalue weighted by atomic mass is 9.89. The topological polar surface area (TPSA) is 99.1 Å². The van der Waals surface area contributed by atoms with Gasteiger partial charge in [0.1, 0.15) is 11.5 Å². The fourth-order valence-electron chi connectivity index (χ4n) is 3.09. The van der Waals surface area contributed by atoms with Crippen LogP contribution >= 0.6 is 0 Å². The Bertz CT molecular complexity index is 669. The summed E-state index contributed by atoms with van der Waals surface area (Å²) in [7, 11) is 0. The molecule has 1 aromatic rings. The van der Waals surface area contributed by atoms with Crippen LogP contribution in [0.3, 0.4) is 0 Å². The van der Waals surface area contributed by atoms with Gasteiger partial charge in [-0.2, -0.15) is 0 Å². The van der Waals surface area contributed by atoms with E-state index in [1.54, 1.807) is 6.92 Å². The summed E-state index contributed by atoms with van der Waals surface area (Å²) in [6.45, 7) is 3.78. The van der Waals surface area contributed by atoms with Crippen molar-refractivity contribution < 1.29 is 4.79 Å².